The van der Waals surface area contributed by atoms with Gasteiger partial charge in [-0.1, -0.05) is 37.5 Å². The van der Waals surface area contributed by atoms with Crippen LogP contribution in [0.25, 0.3) is 0 Å². The molecule has 0 saturated heterocycles. The van der Waals surface area contributed by atoms with Gasteiger partial charge in [-0.3, -0.25) is 4.90 Å². The van der Waals surface area contributed by atoms with E-state index in [2.05, 4.69) is 23.1 Å². The highest BCUT2D eigenvalue weighted by Gasteiger charge is 2.13. The van der Waals surface area contributed by atoms with Gasteiger partial charge in [0.25, 0.3) is 0 Å². The number of benzene rings is 1. The molecule has 0 bridgehead atoms. The normalized spacial score (nSPS) is 15.6. The van der Waals surface area contributed by atoms with Gasteiger partial charge in [-0.05, 0) is 32.0 Å². The first kappa shape index (κ1) is 14.4. The molecular formula is C16H26N2O. The molecule has 2 rings (SSSR count). The zero-order valence-corrected chi connectivity index (χ0v) is 11.8. The van der Waals surface area contributed by atoms with Crippen molar-refractivity contribution in [2.75, 3.05) is 26.2 Å². The number of nitrogens with zero attached hydrogens (tertiary/aromatic N) is 1. The minimum Gasteiger partial charge on any atom is -0.492 e. The van der Waals surface area contributed by atoms with Crippen molar-refractivity contribution in [3.63, 3.8) is 0 Å². The van der Waals surface area contributed by atoms with Gasteiger partial charge in [0.2, 0.25) is 0 Å². The molecule has 106 valence electrons. The molecular weight excluding hydrogens is 236 g/mol. The molecule has 1 aliphatic rings. The first-order valence-corrected chi connectivity index (χ1v) is 7.53. The summed E-state index contributed by atoms with van der Waals surface area (Å²) in [6.45, 7) is 4.89. The van der Waals surface area contributed by atoms with Gasteiger partial charge >= 0.3 is 0 Å². The molecule has 0 aromatic heterocycles. The largest absolute Gasteiger partial charge is 0.492 e. The predicted octanol–water partition coefficient (Wildman–Crippen LogP) is 2.79. The fourth-order valence-electron chi connectivity index (χ4n) is 2.58. The number of para-hydroxylation sites is 1. The van der Waals surface area contributed by atoms with Crippen molar-refractivity contribution >= 4 is 0 Å². The number of hydrogen-bond donors (Lipinski definition) is 1. The van der Waals surface area contributed by atoms with Crippen LogP contribution in [0, 0.1) is 0 Å². The van der Waals surface area contributed by atoms with E-state index in [9.17, 15) is 0 Å². The summed E-state index contributed by atoms with van der Waals surface area (Å²) >= 11 is 0. The van der Waals surface area contributed by atoms with E-state index in [1.165, 1.54) is 44.2 Å². The van der Waals surface area contributed by atoms with E-state index in [1.54, 1.807) is 0 Å². The minimum atomic E-state index is 0.810. The third-order valence-electron chi connectivity index (χ3n) is 3.71. The van der Waals surface area contributed by atoms with Crippen LogP contribution in [-0.4, -0.2) is 31.1 Å². The lowest BCUT2D eigenvalue weighted by Gasteiger charge is -2.19. The Kier molecular flexibility index (Phi) is 6.18. The van der Waals surface area contributed by atoms with Gasteiger partial charge in [0.15, 0.2) is 0 Å². The summed E-state index contributed by atoms with van der Waals surface area (Å²) in [4.78, 5) is 2.51. The van der Waals surface area contributed by atoms with Crippen LogP contribution >= 0.6 is 0 Å². The summed E-state index contributed by atoms with van der Waals surface area (Å²) in [5, 5.41) is 0. The van der Waals surface area contributed by atoms with Gasteiger partial charge in [-0.25, -0.2) is 0 Å². The Morgan fingerprint density at radius 1 is 1.05 bits per heavy atom. The van der Waals surface area contributed by atoms with Crippen LogP contribution in [0.15, 0.2) is 24.3 Å². The molecule has 19 heavy (non-hydrogen) atoms. The molecule has 2 N–H and O–H groups in total. The maximum absolute atomic E-state index is 5.78. The Labute approximate surface area is 116 Å². The smallest absolute Gasteiger partial charge is 0.123 e. The quantitative estimate of drug-likeness (QED) is 0.768. The van der Waals surface area contributed by atoms with Gasteiger partial charge in [-0.15, -0.1) is 0 Å². The predicted molar refractivity (Wildman–Crippen MR) is 79.4 cm³/mol. The van der Waals surface area contributed by atoms with Crippen molar-refractivity contribution in [1.82, 2.24) is 4.90 Å². The molecule has 0 amide bonds. The summed E-state index contributed by atoms with van der Waals surface area (Å²) in [7, 11) is 0. The number of nitrogens with two attached hydrogens (primary N) is 1. The molecule has 1 aromatic rings. The van der Waals surface area contributed by atoms with Crippen LogP contribution in [0.5, 0.6) is 5.75 Å². The summed E-state index contributed by atoms with van der Waals surface area (Å²) in [6, 6.07) is 8.39. The highest BCUT2D eigenvalue weighted by atomic mass is 16.5. The average molecular weight is 262 g/mol. The minimum absolute atomic E-state index is 0.810. The van der Waals surface area contributed by atoms with Crippen LogP contribution in [0.2, 0.25) is 0 Å². The number of ether oxygens (including phenoxy) is 1. The van der Waals surface area contributed by atoms with Crippen molar-refractivity contribution in [2.45, 2.75) is 38.6 Å². The molecule has 3 heteroatoms. The highest BCUT2D eigenvalue weighted by molar-refractivity contribution is 5.33. The molecule has 0 unspecified atom stereocenters. The standard InChI is InChI=1S/C16H26N2O/c17-10-6-2-1-3-7-11-18-12-13-19-16-9-5-4-8-15(16)14-18/h4-5,8-9H,1-3,6-7,10-14,17H2. The first-order chi connectivity index (χ1) is 9.40. The summed E-state index contributed by atoms with van der Waals surface area (Å²) in [6.07, 6.45) is 6.37. The second-order valence-corrected chi connectivity index (χ2v) is 5.29. The number of unbranched alkanes of at least 4 members (excludes halogenated alkanes) is 4. The molecule has 0 spiro atoms. The Balaban J connectivity index is 1.70. The van der Waals surface area contributed by atoms with Gasteiger partial charge in [0, 0.05) is 18.7 Å². The lowest BCUT2D eigenvalue weighted by Crippen LogP contribution is -2.26. The SMILES string of the molecule is NCCCCCCCN1CCOc2ccccc2C1. The van der Waals surface area contributed by atoms with E-state index < -0.39 is 0 Å². The number of fused-ring (bicyclic) bond motifs is 1. The van der Waals surface area contributed by atoms with Gasteiger partial charge < -0.3 is 10.5 Å². The Hall–Kier alpha value is -1.06. The Morgan fingerprint density at radius 3 is 2.74 bits per heavy atom. The van der Waals surface area contributed by atoms with Crippen molar-refractivity contribution in [3.8, 4) is 5.75 Å². The van der Waals surface area contributed by atoms with E-state index >= 15 is 0 Å². The van der Waals surface area contributed by atoms with Crippen molar-refractivity contribution in [1.29, 1.82) is 0 Å². The Bertz CT molecular complexity index is 368. The van der Waals surface area contributed by atoms with Crippen molar-refractivity contribution in [3.05, 3.63) is 29.8 Å². The molecule has 1 aromatic carbocycles. The highest BCUT2D eigenvalue weighted by Crippen LogP contribution is 2.22. The van der Waals surface area contributed by atoms with Crippen LogP contribution in [0.1, 0.15) is 37.7 Å². The van der Waals surface area contributed by atoms with E-state index in [4.69, 9.17) is 10.5 Å². The van der Waals surface area contributed by atoms with Crippen LogP contribution in [0.3, 0.4) is 0 Å². The van der Waals surface area contributed by atoms with Gasteiger partial charge in [0.05, 0.1) is 0 Å². The second kappa shape index (κ2) is 8.18. The maximum Gasteiger partial charge on any atom is 0.123 e. The maximum atomic E-state index is 5.78. The second-order valence-electron chi connectivity index (χ2n) is 5.29. The van der Waals surface area contributed by atoms with Crippen LogP contribution in [-0.2, 0) is 6.54 Å². The molecule has 0 aliphatic carbocycles. The lowest BCUT2D eigenvalue weighted by atomic mass is 10.1. The van der Waals surface area contributed by atoms with Crippen LogP contribution in [0.4, 0.5) is 0 Å². The zero-order chi connectivity index (χ0) is 13.3. The molecule has 3 nitrogen and oxygen atoms in total. The van der Waals surface area contributed by atoms with E-state index in [-0.39, 0.29) is 0 Å². The zero-order valence-electron chi connectivity index (χ0n) is 11.8. The molecule has 1 heterocycles. The van der Waals surface area contributed by atoms with E-state index in [0.29, 0.717) is 0 Å². The van der Waals surface area contributed by atoms with E-state index in [0.717, 1.165) is 32.0 Å². The van der Waals surface area contributed by atoms with Crippen molar-refractivity contribution < 1.29 is 4.74 Å². The summed E-state index contributed by atoms with van der Waals surface area (Å²) in [5.74, 6) is 1.06. The molecule has 0 fully saturated rings. The number of hydrogen-bond acceptors (Lipinski definition) is 3. The summed E-state index contributed by atoms with van der Waals surface area (Å²) < 4.78 is 5.78. The van der Waals surface area contributed by atoms with Crippen molar-refractivity contribution in [2.24, 2.45) is 5.73 Å². The molecule has 0 saturated carbocycles. The first-order valence-electron chi connectivity index (χ1n) is 7.53. The lowest BCUT2D eigenvalue weighted by molar-refractivity contribution is 0.222. The van der Waals surface area contributed by atoms with E-state index in [1.807, 2.05) is 6.07 Å². The molecule has 1 aliphatic heterocycles. The topological polar surface area (TPSA) is 38.5 Å². The van der Waals surface area contributed by atoms with Gasteiger partial charge in [0.1, 0.15) is 12.4 Å². The fraction of sp³-hybridized carbons (Fsp3) is 0.625. The molecule has 0 radical (unpaired) electrons. The monoisotopic (exact) mass is 262 g/mol. The van der Waals surface area contributed by atoms with Gasteiger partial charge in [-0.2, -0.15) is 0 Å². The molecule has 0 atom stereocenters. The van der Waals surface area contributed by atoms with Crippen LogP contribution < -0.4 is 10.5 Å². The third kappa shape index (κ3) is 4.84. The fourth-order valence-corrected chi connectivity index (χ4v) is 2.58. The number of rotatable bonds is 7. The Morgan fingerprint density at radius 2 is 1.84 bits per heavy atom. The summed E-state index contributed by atoms with van der Waals surface area (Å²) in [5.41, 5.74) is 6.82. The average Bonchev–Trinajstić information content (AvgIpc) is 2.64. The third-order valence-corrected chi connectivity index (χ3v) is 3.71.